The molecule has 9 rings (SSSR count). The molecule has 0 unspecified atom stereocenters. The fraction of sp³-hybridized carbons (Fsp3) is 0. The predicted molar refractivity (Wildman–Crippen MR) is 279 cm³/mol. The summed E-state index contributed by atoms with van der Waals surface area (Å²) in [5.74, 6) is -6.61. The van der Waals surface area contributed by atoms with Crippen molar-refractivity contribution in [1.82, 2.24) is 19.9 Å². The molecule has 2 aliphatic heterocycles. The number of hydrogen-bond acceptors (Lipinski definition) is 22. The number of nitrogens with zero attached hydrogens (tertiary/aromatic N) is 10. The van der Waals surface area contributed by atoms with Gasteiger partial charge in [-0.2, -0.15) is 0 Å². The van der Waals surface area contributed by atoms with E-state index in [-0.39, 0.29) is 0 Å². The molecule has 3 aromatic heterocycles. The van der Waals surface area contributed by atoms with Crippen molar-refractivity contribution >= 4 is 91.5 Å². The Morgan fingerprint density at radius 1 is 0.298 bits per heavy atom. The highest BCUT2D eigenvalue weighted by molar-refractivity contribution is 6.11. The van der Waals surface area contributed by atoms with E-state index < -0.39 is 220 Å². The van der Waals surface area contributed by atoms with Gasteiger partial charge in [-0.05, 0) is 70.8 Å². The van der Waals surface area contributed by atoms with Crippen molar-refractivity contribution in [3.8, 4) is 44.5 Å². The molecule has 0 fully saturated rings. The fourth-order valence-corrected chi connectivity index (χ4v) is 9.38. The van der Waals surface area contributed by atoms with Crippen LogP contribution in [-0.4, -0.2) is 104 Å². The summed E-state index contributed by atoms with van der Waals surface area (Å²) in [6.45, 7) is 0. The molecule has 6 N–H and O–H groups in total. The van der Waals surface area contributed by atoms with Gasteiger partial charge in [0, 0.05) is 22.3 Å². The van der Waals surface area contributed by atoms with Gasteiger partial charge < -0.3 is 30.4 Å². The second-order valence-corrected chi connectivity index (χ2v) is 17.2. The SMILES string of the molecule is O=C(O)c1ccc(-c2c3nc(c(-c4ccc(C(=O)O)cc4)c4[nH]c(c(-c5ccc(C(=O)O)cc5)c5nc(c(-c6ccc(C(=O)O)cc6)c6[nH]c2c([N+](=O)[O-])c6[N+](=O)[O-])C([N+](=O)[O-])=C5[N+](=O)[O-])c([N+](=O)[O-])c4[N+](=O)[O-])C([N+](=O)[O-])=C3[N+](=O)[O-])cc1. The van der Waals surface area contributed by atoms with E-state index in [2.05, 4.69) is 19.9 Å². The Kier molecular flexibility index (Phi) is 13.4. The van der Waals surface area contributed by atoms with Crippen molar-refractivity contribution in [3.63, 3.8) is 0 Å². The molecule has 36 nitrogen and oxygen atoms in total. The number of carboxylic acid groups (broad SMARTS) is 4. The first-order valence-electron chi connectivity index (χ1n) is 22.6. The first-order valence-corrected chi connectivity index (χ1v) is 22.6. The molecular weight excluding hydrogens is 1130 g/mol. The van der Waals surface area contributed by atoms with Crippen molar-refractivity contribution < 1.29 is 79.0 Å². The van der Waals surface area contributed by atoms with Gasteiger partial charge in [-0.1, -0.05) is 48.5 Å². The lowest BCUT2D eigenvalue weighted by atomic mass is 9.98. The average Bonchev–Trinajstić information content (AvgIpc) is 1.90. The van der Waals surface area contributed by atoms with E-state index in [0.717, 1.165) is 97.1 Å². The van der Waals surface area contributed by atoms with Crippen LogP contribution in [0.15, 0.2) is 97.1 Å². The summed E-state index contributed by atoms with van der Waals surface area (Å²) in [6.07, 6.45) is 0. The first-order chi connectivity index (χ1) is 39.7. The van der Waals surface area contributed by atoms with Crippen LogP contribution < -0.4 is 0 Å². The van der Waals surface area contributed by atoms with Gasteiger partial charge in [-0.15, -0.1) is 0 Å². The van der Waals surface area contributed by atoms with Crippen LogP contribution in [0.25, 0.3) is 89.4 Å². The average molecular weight is 1150 g/mol. The zero-order valence-corrected chi connectivity index (χ0v) is 40.7. The third-order valence-electron chi connectivity index (χ3n) is 12.8. The first kappa shape index (κ1) is 55.3. The number of nitro groups is 8. The highest BCUT2D eigenvalue weighted by atomic mass is 16.7. The number of H-pyrrole nitrogens is 2. The Balaban J connectivity index is 1.80. The van der Waals surface area contributed by atoms with Gasteiger partial charge in [0.25, 0.3) is 0 Å². The lowest BCUT2D eigenvalue weighted by Gasteiger charge is -2.06. The van der Waals surface area contributed by atoms with E-state index in [4.69, 9.17) is 0 Å². The highest BCUT2D eigenvalue weighted by Gasteiger charge is 2.50. The van der Waals surface area contributed by atoms with Gasteiger partial charge in [0.15, 0.2) is 22.8 Å². The monoisotopic (exact) mass is 1150 g/mol. The van der Waals surface area contributed by atoms with Gasteiger partial charge in [0.1, 0.15) is 22.1 Å². The van der Waals surface area contributed by atoms with Crippen LogP contribution in [0.4, 0.5) is 22.7 Å². The Hall–Kier alpha value is -13.4. The quantitative estimate of drug-likeness (QED) is 0.0392. The normalized spacial score (nSPS) is 11.9. The van der Waals surface area contributed by atoms with Crippen LogP contribution in [0.5, 0.6) is 0 Å². The number of hydrogen-bond donors (Lipinski definition) is 6. The van der Waals surface area contributed by atoms with E-state index in [9.17, 15) is 121 Å². The number of benzene rings is 4. The molecular formula is C48H22N12O24. The minimum atomic E-state index is -1.83. The van der Waals surface area contributed by atoms with E-state index >= 15 is 0 Å². The predicted octanol–water partition coefficient (Wildman–Crippen LogP) is 8.17. The largest absolute Gasteiger partial charge is 0.478 e. The minimum absolute atomic E-state index is 0.588. The van der Waals surface area contributed by atoms with Crippen LogP contribution >= 0.6 is 0 Å². The van der Waals surface area contributed by atoms with Crippen LogP contribution in [-0.2, 0) is 0 Å². The lowest BCUT2D eigenvalue weighted by Crippen LogP contribution is -2.06. The maximum atomic E-state index is 13.6. The molecule has 7 aromatic rings. The second kappa shape index (κ2) is 20.4. The Morgan fingerprint density at radius 2 is 0.464 bits per heavy atom. The number of carboxylic acids is 4. The van der Waals surface area contributed by atoms with Gasteiger partial charge in [-0.3, -0.25) is 80.9 Å². The van der Waals surface area contributed by atoms with Gasteiger partial charge in [0.2, 0.25) is 0 Å². The van der Waals surface area contributed by atoms with Gasteiger partial charge >= 0.3 is 69.4 Å². The lowest BCUT2D eigenvalue weighted by molar-refractivity contribution is -0.419. The molecule has 0 radical (unpaired) electrons. The molecule has 0 spiro atoms. The maximum absolute atomic E-state index is 13.6. The Morgan fingerprint density at radius 3 is 0.595 bits per heavy atom. The summed E-state index contributed by atoms with van der Waals surface area (Å²) >= 11 is 0. The third kappa shape index (κ3) is 8.99. The molecule has 4 aromatic carbocycles. The molecule has 0 saturated carbocycles. The summed E-state index contributed by atoms with van der Waals surface area (Å²) in [5, 5.41) is 148. The van der Waals surface area contributed by atoms with Crippen molar-refractivity contribution in [2.75, 3.05) is 0 Å². The van der Waals surface area contributed by atoms with E-state index in [1.165, 1.54) is 0 Å². The molecule has 84 heavy (non-hydrogen) atoms. The Bertz CT molecular complexity index is 3980. The van der Waals surface area contributed by atoms with Gasteiger partial charge in [0.05, 0.1) is 61.6 Å². The van der Waals surface area contributed by atoms with Crippen LogP contribution in [0.1, 0.15) is 64.2 Å². The molecule has 0 atom stereocenters. The fourth-order valence-electron chi connectivity index (χ4n) is 9.38. The number of aromatic amines is 2. The highest BCUT2D eigenvalue weighted by Crippen LogP contribution is 2.53. The number of aromatic nitrogens is 4. The summed E-state index contributed by atoms with van der Waals surface area (Å²) in [6, 6.07) is 12.1. The van der Waals surface area contributed by atoms with Crippen molar-refractivity contribution in [2.45, 2.75) is 0 Å². The van der Waals surface area contributed by atoms with E-state index in [1.807, 2.05) is 0 Å². The number of aromatic carboxylic acids is 4. The summed E-state index contributed by atoms with van der Waals surface area (Å²) in [7, 11) is 0. The summed E-state index contributed by atoms with van der Waals surface area (Å²) < 4.78 is 0. The van der Waals surface area contributed by atoms with Crippen LogP contribution in [0.2, 0.25) is 0 Å². The summed E-state index contributed by atoms with van der Waals surface area (Å²) in [5.41, 5.74) is -35.9. The van der Waals surface area contributed by atoms with Crippen molar-refractivity contribution in [2.24, 2.45) is 0 Å². The molecule has 418 valence electrons. The number of rotatable bonds is 16. The topological polar surface area (TPSA) is 552 Å². The zero-order chi connectivity index (χ0) is 61.2. The maximum Gasteiger partial charge on any atom is 0.374 e. The third-order valence-corrected chi connectivity index (χ3v) is 12.8. The standard InChI is InChI=1S/C48H22N12O24/c61-45(62)21-9-1-17(2-10-21)25-29-37(53(69)70)39(55(73)74)31(49-29)26(18-3-11-22(12-4-18)46(63)64)33-41(57(77)78)43(59(81)82)35(51-33)28(20-7-15-24(16-8-20)48(67)68)36-44(60(83)84)42(58(79)80)34(52-36)27(19-5-13-23(14-6-19)47(65)66)32-40(56(75)76)38(54(71)72)30(25)50-32/h1-16,49,52H,(H,61,62)(H,63,64)(H,65,66)(H,67,68). The Labute approximate surface area is 457 Å². The molecule has 2 aliphatic rings. The summed E-state index contributed by atoms with van der Waals surface area (Å²) in [4.78, 5) is 158. The number of carbonyl (C=O) groups is 4. The molecule has 0 saturated heterocycles. The molecule has 0 amide bonds. The van der Waals surface area contributed by atoms with Crippen molar-refractivity contribution in [1.29, 1.82) is 0 Å². The molecule has 0 aliphatic carbocycles. The van der Waals surface area contributed by atoms with E-state index in [0.29, 0.717) is 0 Å². The number of fused-ring (bicyclic) bond motifs is 8. The molecule has 5 heterocycles. The number of nitrogens with one attached hydrogen (secondary N) is 2. The smallest absolute Gasteiger partial charge is 0.374 e. The zero-order valence-electron chi connectivity index (χ0n) is 40.7. The van der Waals surface area contributed by atoms with Crippen LogP contribution in [0.3, 0.4) is 0 Å². The van der Waals surface area contributed by atoms with Crippen molar-refractivity contribution in [3.05, 3.63) is 223 Å². The van der Waals surface area contributed by atoms with Crippen LogP contribution in [0, 0.1) is 80.9 Å². The minimum Gasteiger partial charge on any atom is -0.478 e. The van der Waals surface area contributed by atoms with Gasteiger partial charge in [-0.25, -0.2) is 29.1 Å². The second-order valence-electron chi connectivity index (χ2n) is 17.2. The molecule has 8 bridgehead atoms. The molecule has 36 heteroatoms. The van der Waals surface area contributed by atoms with E-state index in [1.54, 1.807) is 0 Å².